The van der Waals surface area contributed by atoms with Gasteiger partial charge in [-0.1, -0.05) is 0 Å². The highest BCUT2D eigenvalue weighted by atomic mass is 19.4. The number of pyridine rings is 1. The van der Waals surface area contributed by atoms with Gasteiger partial charge in [-0.3, -0.25) is 0 Å². The van der Waals surface area contributed by atoms with Gasteiger partial charge in [0, 0.05) is 6.07 Å². The SMILES string of the molecule is N#Cc1c[n+]([O-])ccc1C(F)(F)F. The first-order chi connectivity index (χ1) is 5.95. The van der Waals surface area contributed by atoms with Gasteiger partial charge in [0.05, 0.1) is 5.56 Å². The molecule has 0 aromatic carbocycles. The lowest BCUT2D eigenvalue weighted by Gasteiger charge is -2.06. The van der Waals surface area contributed by atoms with E-state index in [2.05, 4.69) is 0 Å². The van der Waals surface area contributed by atoms with Gasteiger partial charge in [-0.05, 0) is 0 Å². The highest BCUT2D eigenvalue weighted by Gasteiger charge is 2.34. The van der Waals surface area contributed by atoms with Gasteiger partial charge in [0.25, 0.3) is 0 Å². The summed E-state index contributed by atoms with van der Waals surface area (Å²) < 4.78 is 36.5. The van der Waals surface area contributed by atoms with E-state index in [1.54, 1.807) is 0 Å². The molecule has 6 heteroatoms. The first kappa shape index (κ1) is 9.32. The molecule has 3 nitrogen and oxygen atoms in total. The average molecular weight is 188 g/mol. The number of nitrogens with zero attached hydrogens (tertiary/aromatic N) is 2. The maximum Gasteiger partial charge on any atom is 0.418 e. The zero-order valence-corrected chi connectivity index (χ0v) is 6.17. The average Bonchev–Trinajstić information content (AvgIpc) is 2.01. The molecular formula is C7H3F3N2O. The molecule has 0 bridgehead atoms. The quantitative estimate of drug-likeness (QED) is 0.453. The van der Waals surface area contributed by atoms with Gasteiger partial charge in [0.2, 0.25) is 0 Å². The van der Waals surface area contributed by atoms with Crippen LogP contribution < -0.4 is 4.73 Å². The summed E-state index contributed by atoms with van der Waals surface area (Å²) in [4.78, 5) is 0. The van der Waals surface area contributed by atoms with Crippen molar-refractivity contribution in [3.8, 4) is 6.07 Å². The van der Waals surface area contributed by atoms with Crippen LogP contribution in [0, 0.1) is 16.5 Å². The van der Waals surface area contributed by atoms with Crippen LogP contribution in [0.2, 0.25) is 0 Å². The molecule has 0 amide bonds. The van der Waals surface area contributed by atoms with Crippen molar-refractivity contribution < 1.29 is 17.9 Å². The summed E-state index contributed by atoms with van der Waals surface area (Å²) in [6.45, 7) is 0. The number of hydrogen-bond donors (Lipinski definition) is 0. The summed E-state index contributed by atoms with van der Waals surface area (Å²) in [7, 11) is 0. The smallest absolute Gasteiger partial charge is 0.418 e. The normalized spacial score (nSPS) is 10.9. The van der Waals surface area contributed by atoms with Gasteiger partial charge in [0.15, 0.2) is 12.4 Å². The minimum absolute atomic E-state index is 0.147. The van der Waals surface area contributed by atoms with Crippen molar-refractivity contribution in [2.24, 2.45) is 0 Å². The molecule has 68 valence electrons. The molecule has 0 radical (unpaired) electrons. The first-order valence-corrected chi connectivity index (χ1v) is 3.15. The van der Waals surface area contributed by atoms with Crippen molar-refractivity contribution in [3.05, 3.63) is 34.8 Å². The number of rotatable bonds is 0. The topological polar surface area (TPSA) is 50.7 Å². The van der Waals surface area contributed by atoms with E-state index in [1.807, 2.05) is 0 Å². The molecule has 1 rings (SSSR count). The Labute approximate surface area is 71.2 Å². The van der Waals surface area contributed by atoms with E-state index >= 15 is 0 Å². The number of aromatic nitrogens is 1. The predicted octanol–water partition coefficient (Wildman–Crippen LogP) is 1.21. The molecule has 0 spiro atoms. The Bertz CT molecular complexity index is 367. The monoisotopic (exact) mass is 188 g/mol. The fourth-order valence-electron chi connectivity index (χ4n) is 0.814. The van der Waals surface area contributed by atoms with Crippen LogP contribution >= 0.6 is 0 Å². The van der Waals surface area contributed by atoms with Crippen molar-refractivity contribution in [3.63, 3.8) is 0 Å². The summed E-state index contributed by atoms with van der Waals surface area (Å²) in [6, 6.07) is 1.88. The second kappa shape index (κ2) is 2.94. The molecule has 0 atom stereocenters. The molecule has 1 heterocycles. The molecule has 0 fully saturated rings. The van der Waals surface area contributed by atoms with E-state index in [-0.39, 0.29) is 4.73 Å². The van der Waals surface area contributed by atoms with Crippen LogP contribution in [0.25, 0.3) is 0 Å². The lowest BCUT2D eigenvalue weighted by Crippen LogP contribution is -2.26. The standard InChI is InChI=1S/C7H3F3N2O/c8-7(9,10)6-1-2-12(13)4-5(6)3-11/h1-2,4H. The molecule has 0 aliphatic rings. The summed E-state index contributed by atoms with van der Waals surface area (Å²) in [6.07, 6.45) is -3.31. The number of nitriles is 1. The maximum absolute atomic E-state index is 12.1. The van der Waals surface area contributed by atoms with Crippen LogP contribution in [0.3, 0.4) is 0 Å². The largest absolute Gasteiger partial charge is 0.619 e. The molecule has 0 aliphatic carbocycles. The van der Waals surface area contributed by atoms with Crippen LogP contribution in [-0.2, 0) is 6.18 Å². The highest BCUT2D eigenvalue weighted by molar-refractivity contribution is 5.35. The molecule has 0 N–H and O–H groups in total. The Morgan fingerprint density at radius 3 is 2.54 bits per heavy atom. The fraction of sp³-hybridized carbons (Fsp3) is 0.143. The van der Waals surface area contributed by atoms with Gasteiger partial charge in [-0.25, -0.2) is 0 Å². The molecule has 0 unspecified atom stereocenters. The van der Waals surface area contributed by atoms with E-state index in [0.29, 0.717) is 18.5 Å². The third-order valence-corrected chi connectivity index (χ3v) is 1.36. The molecule has 0 aliphatic heterocycles. The molecular weight excluding hydrogens is 185 g/mol. The van der Waals surface area contributed by atoms with E-state index in [1.165, 1.54) is 6.07 Å². The lowest BCUT2D eigenvalue weighted by atomic mass is 10.1. The van der Waals surface area contributed by atoms with Gasteiger partial charge in [0.1, 0.15) is 11.6 Å². The second-order valence-corrected chi connectivity index (χ2v) is 2.24. The van der Waals surface area contributed by atoms with Crippen LogP contribution in [-0.4, -0.2) is 0 Å². The molecule has 0 saturated heterocycles. The molecule has 1 aromatic rings. The Hall–Kier alpha value is -1.77. The van der Waals surface area contributed by atoms with E-state index in [4.69, 9.17) is 5.26 Å². The second-order valence-electron chi connectivity index (χ2n) is 2.24. The Morgan fingerprint density at radius 1 is 1.46 bits per heavy atom. The van der Waals surface area contributed by atoms with E-state index < -0.39 is 17.3 Å². The molecule has 1 aromatic heterocycles. The van der Waals surface area contributed by atoms with Crippen molar-refractivity contribution in [2.45, 2.75) is 6.18 Å². The van der Waals surface area contributed by atoms with Crippen molar-refractivity contribution in [1.29, 1.82) is 5.26 Å². The summed E-state index contributed by atoms with van der Waals surface area (Å²) in [5, 5.41) is 18.8. The minimum atomic E-state index is -4.60. The van der Waals surface area contributed by atoms with Gasteiger partial charge < -0.3 is 5.21 Å². The van der Waals surface area contributed by atoms with Crippen molar-refractivity contribution in [1.82, 2.24) is 0 Å². The van der Waals surface area contributed by atoms with E-state index in [0.717, 1.165) is 0 Å². The summed E-state index contributed by atoms with van der Waals surface area (Å²) in [5.41, 5.74) is -1.77. The van der Waals surface area contributed by atoms with Gasteiger partial charge in [-0.2, -0.15) is 23.2 Å². The van der Waals surface area contributed by atoms with Crippen LogP contribution in [0.15, 0.2) is 18.5 Å². The zero-order valence-electron chi connectivity index (χ0n) is 6.17. The molecule has 0 saturated carbocycles. The Kier molecular flexibility index (Phi) is 2.10. The summed E-state index contributed by atoms with van der Waals surface area (Å²) >= 11 is 0. The van der Waals surface area contributed by atoms with Crippen LogP contribution in [0.4, 0.5) is 13.2 Å². The number of halogens is 3. The van der Waals surface area contributed by atoms with Crippen LogP contribution in [0.1, 0.15) is 11.1 Å². The van der Waals surface area contributed by atoms with Crippen molar-refractivity contribution >= 4 is 0 Å². The Balaban J connectivity index is 3.32. The zero-order chi connectivity index (χ0) is 10.1. The third-order valence-electron chi connectivity index (χ3n) is 1.36. The van der Waals surface area contributed by atoms with Crippen LogP contribution in [0.5, 0.6) is 0 Å². The third kappa shape index (κ3) is 1.87. The number of alkyl halides is 3. The molecule has 13 heavy (non-hydrogen) atoms. The first-order valence-electron chi connectivity index (χ1n) is 3.15. The predicted molar refractivity (Wildman–Crippen MR) is 35.1 cm³/mol. The Morgan fingerprint density at radius 2 is 2.08 bits per heavy atom. The highest BCUT2D eigenvalue weighted by Crippen LogP contribution is 2.30. The lowest BCUT2D eigenvalue weighted by molar-refractivity contribution is -0.605. The van der Waals surface area contributed by atoms with Gasteiger partial charge in [-0.15, -0.1) is 0 Å². The van der Waals surface area contributed by atoms with Crippen molar-refractivity contribution in [2.75, 3.05) is 0 Å². The minimum Gasteiger partial charge on any atom is -0.619 e. The maximum atomic E-state index is 12.1. The summed E-state index contributed by atoms with van der Waals surface area (Å²) in [5.74, 6) is 0. The number of hydrogen-bond acceptors (Lipinski definition) is 2. The fourth-order valence-corrected chi connectivity index (χ4v) is 0.814. The van der Waals surface area contributed by atoms with Gasteiger partial charge >= 0.3 is 6.18 Å². The van der Waals surface area contributed by atoms with E-state index in [9.17, 15) is 18.4 Å².